The van der Waals surface area contributed by atoms with Crippen LogP contribution in [0.2, 0.25) is 0 Å². The zero-order chi connectivity index (χ0) is 14.9. The molecule has 1 aromatic rings. The molecule has 1 aromatic heterocycles. The van der Waals surface area contributed by atoms with Gasteiger partial charge in [-0.3, -0.25) is 4.99 Å². The van der Waals surface area contributed by atoms with Gasteiger partial charge in [0.1, 0.15) is 5.01 Å². The Morgan fingerprint density at radius 2 is 2.33 bits per heavy atom. The molecular formula is C15H24N4OS. The summed E-state index contributed by atoms with van der Waals surface area (Å²) in [6.07, 6.45) is 2.40. The first-order chi connectivity index (χ1) is 10.1. The number of likely N-dealkylation sites (tertiary alicyclic amines) is 1. The third kappa shape index (κ3) is 3.06. The van der Waals surface area contributed by atoms with E-state index in [9.17, 15) is 0 Å². The molecule has 1 atom stereocenters. The molecule has 0 aliphatic carbocycles. The van der Waals surface area contributed by atoms with Crippen LogP contribution in [0, 0.1) is 19.3 Å². The van der Waals surface area contributed by atoms with Crippen LogP contribution in [0.15, 0.2) is 4.99 Å². The Morgan fingerprint density at radius 1 is 1.48 bits per heavy atom. The van der Waals surface area contributed by atoms with E-state index in [2.05, 4.69) is 34.0 Å². The Morgan fingerprint density at radius 3 is 2.95 bits per heavy atom. The Hall–Kier alpha value is -1.14. The molecule has 21 heavy (non-hydrogen) atoms. The first-order valence-corrected chi connectivity index (χ1v) is 8.40. The lowest BCUT2D eigenvalue weighted by Gasteiger charge is -2.24. The highest BCUT2D eigenvalue weighted by molar-refractivity contribution is 7.11. The number of ether oxygens (including phenoxy) is 1. The highest BCUT2D eigenvalue weighted by Crippen LogP contribution is 2.38. The number of guanidine groups is 1. The Bertz CT molecular complexity index is 514. The third-order valence-electron chi connectivity index (χ3n) is 4.61. The summed E-state index contributed by atoms with van der Waals surface area (Å²) in [5.41, 5.74) is 1.50. The average molecular weight is 308 g/mol. The standard InChI is InChI=1S/C15H24N4OS/c1-11-12(2)21-13(18-11)8-17-14(16-3)19-6-4-15(9-19)5-7-20-10-15/h4-10H2,1-3H3,(H,16,17). The van der Waals surface area contributed by atoms with Gasteiger partial charge in [-0.15, -0.1) is 11.3 Å². The smallest absolute Gasteiger partial charge is 0.194 e. The molecule has 1 unspecified atom stereocenters. The van der Waals surface area contributed by atoms with Crippen molar-refractivity contribution >= 4 is 17.3 Å². The van der Waals surface area contributed by atoms with E-state index in [0.29, 0.717) is 5.41 Å². The van der Waals surface area contributed by atoms with E-state index < -0.39 is 0 Å². The molecule has 0 amide bonds. The molecule has 0 bridgehead atoms. The highest BCUT2D eigenvalue weighted by atomic mass is 32.1. The van der Waals surface area contributed by atoms with Crippen molar-refractivity contribution in [3.8, 4) is 0 Å². The predicted octanol–water partition coefficient (Wildman–Crippen LogP) is 1.95. The zero-order valence-corrected chi connectivity index (χ0v) is 13.9. The molecule has 2 saturated heterocycles. The number of rotatable bonds is 2. The summed E-state index contributed by atoms with van der Waals surface area (Å²) in [7, 11) is 1.86. The van der Waals surface area contributed by atoms with Crippen molar-refractivity contribution in [1.82, 2.24) is 15.2 Å². The Kier molecular flexibility index (Phi) is 4.17. The second kappa shape index (κ2) is 5.93. The van der Waals surface area contributed by atoms with Gasteiger partial charge in [0, 0.05) is 37.0 Å². The number of aryl methyl sites for hydroxylation is 2. The second-order valence-electron chi connectivity index (χ2n) is 6.12. The first kappa shape index (κ1) is 14.8. The number of thiazole rings is 1. The summed E-state index contributed by atoms with van der Waals surface area (Å²) >= 11 is 1.76. The summed E-state index contributed by atoms with van der Waals surface area (Å²) < 4.78 is 5.59. The maximum Gasteiger partial charge on any atom is 0.194 e. The first-order valence-electron chi connectivity index (χ1n) is 7.58. The normalized spacial score (nSPS) is 26.0. The molecule has 1 N–H and O–H groups in total. The second-order valence-corrected chi connectivity index (χ2v) is 7.41. The van der Waals surface area contributed by atoms with Crippen molar-refractivity contribution in [2.24, 2.45) is 10.4 Å². The van der Waals surface area contributed by atoms with E-state index in [1.165, 1.54) is 17.7 Å². The fourth-order valence-electron chi connectivity index (χ4n) is 3.19. The maximum atomic E-state index is 5.59. The van der Waals surface area contributed by atoms with Gasteiger partial charge in [-0.1, -0.05) is 0 Å². The number of hydrogen-bond acceptors (Lipinski definition) is 4. The van der Waals surface area contributed by atoms with Crippen molar-refractivity contribution in [2.45, 2.75) is 33.2 Å². The van der Waals surface area contributed by atoms with Gasteiger partial charge in [0.15, 0.2) is 5.96 Å². The number of nitrogens with one attached hydrogen (secondary N) is 1. The van der Waals surface area contributed by atoms with Gasteiger partial charge < -0.3 is 15.0 Å². The molecule has 2 fully saturated rings. The summed E-state index contributed by atoms with van der Waals surface area (Å²) in [5, 5.41) is 4.59. The van der Waals surface area contributed by atoms with Crippen LogP contribution in [0.5, 0.6) is 0 Å². The molecule has 6 heteroatoms. The minimum absolute atomic E-state index is 0.367. The molecule has 0 aromatic carbocycles. The maximum absolute atomic E-state index is 5.59. The minimum Gasteiger partial charge on any atom is -0.381 e. The van der Waals surface area contributed by atoms with Gasteiger partial charge in [0.25, 0.3) is 0 Å². The summed E-state index contributed by atoms with van der Waals surface area (Å²) in [6, 6.07) is 0. The van der Waals surface area contributed by atoms with Crippen molar-refractivity contribution in [1.29, 1.82) is 0 Å². The van der Waals surface area contributed by atoms with Crippen LogP contribution in [0.1, 0.15) is 28.4 Å². The van der Waals surface area contributed by atoms with Crippen LogP contribution in [0.3, 0.4) is 0 Å². The Balaban J connectivity index is 1.58. The van der Waals surface area contributed by atoms with E-state index in [0.717, 1.165) is 49.5 Å². The van der Waals surface area contributed by atoms with Crippen LogP contribution >= 0.6 is 11.3 Å². The molecule has 116 valence electrons. The highest BCUT2D eigenvalue weighted by Gasteiger charge is 2.42. The van der Waals surface area contributed by atoms with E-state index in [-0.39, 0.29) is 0 Å². The molecule has 3 heterocycles. The molecule has 2 aliphatic rings. The van der Waals surface area contributed by atoms with E-state index in [1.54, 1.807) is 11.3 Å². The van der Waals surface area contributed by atoms with Crippen molar-refractivity contribution < 1.29 is 4.74 Å². The van der Waals surface area contributed by atoms with Crippen LogP contribution in [-0.4, -0.2) is 49.2 Å². The number of aromatic nitrogens is 1. The largest absolute Gasteiger partial charge is 0.381 e. The van der Waals surface area contributed by atoms with Crippen molar-refractivity contribution in [3.63, 3.8) is 0 Å². The predicted molar refractivity (Wildman–Crippen MR) is 85.8 cm³/mol. The monoisotopic (exact) mass is 308 g/mol. The number of nitrogens with zero attached hydrogens (tertiary/aromatic N) is 3. The summed E-state index contributed by atoms with van der Waals surface area (Å²) in [6.45, 7) is 8.89. The molecule has 0 radical (unpaired) electrons. The lowest BCUT2D eigenvalue weighted by atomic mass is 9.87. The fraction of sp³-hybridized carbons (Fsp3) is 0.733. The van der Waals surface area contributed by atoms with E-state index >= 15 is 0 Å². The lowest BCUT2D eigenvalue weighted by Crippen LogP contribution is -2.41. The van der Waals surface area contributed by atoms with E-state index in [4.69, 9.17) is 4.74 Å². The Labute approximate surface area is 130 Å². The molecule has 2 aliphatic heterocycles. The van der Waals surface area contributed by atoms with Gasteiger partial charge in [0.05, 0.1) is 18.8 Å². The summed E-state index contributed by atoms with van der Waals surface area (Å²) in [5.74, 6) is 0.990. The molecular weight excluding hydrogens is 284 g/mol. The summed E-state index contributed by atoms with van der Waals surface area (Å²) in [4.78, 5) is 12.7. The zero-order valence-electron chi connectivity index (χ0n) is 13.1. The van der Waals surface area contributed by atoms with Crippen molar-refractivity contribution in [2.75, 3.05) is 33.4 Å². The van der Waals surface area contributed by atoms with Crippen LogP contribution in [0.25, 0.3) is 0 Å². The SMILES string of the molecule is CN=C(NCc1nc(C)c(C)s1)N1CCC2(CCOC2)C1. The fourth-order valence-corrected chi connectivity index (χ4v) is 4.06. The van der Waals surface area contributed by atoms with Gasteiger partial charge in [0.2, 0.25) is 0 Å². The van der Waals surface area contributed by atoms with Gasteiger partial charge in [-0.2, -0.15) is 0 Å². The van der Waals surface area contributed by atoms with Gasteiger partial charge in [-0.25, -0.2) is 4.98 Å². The lowest BCUT2D eigenvalue weighted by molar-refractivity contribution is 0.156. The molecule has 1 spiro atoms. The van der Waals surface area contributed by atoms with Gasteiger partial charge >= 0.3 is 0 Å². The average Bonchev–Trinajstić information content (AvgIpc) is 3.16. The number of hydrogen-bond donors (Lipinski definition) is 1. The van der Waals surface area contributed by atoms with Crippen LogP contribution in [0.4, 0.5) is 0 Å². The topological polar surface area (TPSA) is 49.8 Å². The molecule has 5 nitrogen and oxygen atoms in total. The molecule has 0 saturated carbocycles. The van der Waals surface area contributed by atoms with E-state index in [1.807, 2.05) is 7.05 Å². The number of aliphatic imine (C=N–C) groups is 1. The van der Waals surface area contributed by atoms with Crippen LogP contribution in [-0.2, 0) is 11.3 Å². The quantitative estimate of drug-likeness (QED) is 0.670. The minimum atomic E-state index is 0.367. The van der Waals surface area contributed by atoms with Gasteiger partial charge in [-0.05, 0) is 26.7 Å². The van der Waals surface area contributed by atoms with Crippen molar-refractivity contribution in [3.05, 3.63) is 15.6 Å². The molecule has 3 rings (SSSR count). The van der Waals surface area contributed by atoms with Crippen LogP contribution < -0.4 is 5.32 Å². The third-order valence-corrected chi connectivity index (χ3v) is 5.68.